The van der Waals surface area contributed by atoms with Crippen molar-refractivity contribution in [2.45, 2.75) is 4.90 Å². The number of halogens is 2. The Hall–Kier alpha value is -4.65. The summed E-state index contributed by atoms with van der Waals surface area (Å²) >= 11 is 0. The highest BCUT2D eigenvalue weighted by Gasteiger charge is 2.31. The van der Waals surface area contributed by atoms with Crippen molar-refractivity contribution in [1.82, 2.24) is 19.9 Å². The predicted octanol–water partition coefficient (Wildman–Crippen LogP) is 3.64. The minimum Gasteiger partial charge on any atom is -0.479 e. The zero-order chi connectivity index (χ0) is 29.3. The molecule has 1 aliphatic rings. The van der Waals surface area contributed by atoms with Crippen LogP contribution in [0.4, 0.5) is 20.3 Å². The van der Waals surface area contributed by atoms with Crippen molar-refractivity contribution < 1.29 is 26.7 Å². The fourth-order valence-corrected chi connectivity index (χ4v) is 6.01. The van der Waals surface area contributed by atoms with E-state index in [-0.39, 0.29) is 17.5 Å². The maximum atomic E-state index is 14.4. The predicted molar refractivity (Wildman–Crippen MR) is 150 cm³/mol. The van der Waals surface area contributed by atoms with Crippen LogP contribution < -0.4 is 13.9 Å². The Kier molecular flexibility index (Phi) is 7.54. The van der Waals surface area contributed by atoms with E-state index in [9.17, 15) is 22.0 Å². The van der Waals surface area contributed by atoms with Crippen LogP contribution >= 0.6 is 0 Å². The molecule has 3 heterocycles. The van der Waals surface area contributed by atoms with Crippen LogP contribution in [0.1, 0.15) is 0 Å². The van der Waals surface area contributed by atoms with E-state index in [0.717, 1.165) is 27.9 Å². The third kappa shape index (κ3) is 5.15. The number of rotatable bonds is 7. The molecular weight excluding hydrogens is 554 g/mol. The van der Waals surface area contributed by atoms with Gasteiger partial charge in [-0.05, 0) is 42.0 Å². The lowest BCUT2D eigenvalue weighted by atomic mass is 10.0. The van der Waals surface area contributed by atoms with Gasteiger partial charge in [0.2, 0.25) is 11.8 Å². The van der Waals surface area contributed by atoms with Gasteiger partial charge >= 0.3 is 0 Å². The number of ether oxygens (including phenoxy) is 1. The van der Waals surface area contributed by atoms with Crippen molar-refractivity contribution in [2.75, 3.05) is 49.5 Å². The van der Waals surface area contributed by atoms with Crippen molar-refractivity contribution in [3.05, 3.63) is 79.3 Å². The van der Waals surface area contributed by atoms with E-state index in [1.54, 1.807) is 11.0 Å². The molecule has 41 heavy (non-hydrogen) atoms. The number of nitrogens with zero attached hydrogens (tertiary/aromatic N) is 6. The van der Waals surface area contributed by atoms with E-state index in [4.69, 9.17) is 4.74 Å². The number of pyridine rings is 1. The van der Waals surface area contributed by atoms with Crippen LogP contribution in [-0.4, -0.2) is 74.5 Å². The first-order valence-corrected chi connectivity index (χ1v) is 14.0. The molecule has 1 saturated heterocycles. The van der Waals surface area contributed by atoms with E-state index in [0.29, 0.717) is 48.6 Å². The molecule has 1 fully saturated rings. The second kappa shape index (κ2) is 11.1. The Bertz CT molecular complexity index is 1740. The van der Waals surface area contributed by atoms with Crippen LogP contribution in [0.15, 0.2) is 72.5 Å². The third-order valence-electron chi connectivity index (χ3n) is 6.92. The summed E-state index contributed by atoms with van der Waals surface area (Å²) < 4.78 is 61.5. The van der Waals surface area contributed by atoms with Gasteiger partial charge in [0.25, 0.3) is 10.0 Å². The van der Waals surface area contributed by atoms with Gasteiger partial charge in [-0.2, -0.15) is 0 Å². The van der Waals surface area contributed by atoms with Gasteiger partial charge in [0, 0.05) is 50.4 Å². The van der Waals surface area contributed by atoms with Crippen LogP contribution in [0.3, 0.4) is 0 Å². The van der Waals surface area contributed by atoms with E-state index < -0.39 is 26.6 Å². The van der Waals surface area contributed by atoms with Gasteiger partial charge < -0.3 is 14.5 Å². The highest BCUT2D eigenvalue weighted by Crippen LogP contribution is 2.36. The molecule has 212 valence electrons. The number of carbonyl (C=O) groups is 1. The fourth-order valence-electron chi connectivity index (χ4n) is 4.72. The number of anilines is 2. The minimum absolute atomic E-state index is 0.0136. The molecule has 0 spiro atoms. The largest absolute Gasteiger partial charge is 0.479 e. The molecule has 0 bridgehead atoms. The van der Waals surface area contributed by atoms with Gasteiger partial charge in [-0.1, -0.05) is 18.7 Å². The average Bonchev–Trinajstić information content (AvgIpc) is 2.99. The topological polar surface area (TPSA) is 109 Å². The van der Waals surface area contributed by atoms with Crippen molar-refractivity contribution >= 4 is 38.3 Å². The molecule has 2 aromatic carbocycles. The van der Waals surface area contributed by atoms with Crippen LogP contribution in [0.25, 0.3) is 22.0 Å². The number of piperazine rings is 1. The van der Waals surface area contributed by atoms with Crippen molar-refractivity contribution in [1.29, 1.82) is 0 Å². The Morgan fingerprint density at radius 2 is 1.73 bits per heavy atom. The summed E-state index contributed by atoms with van der Waals surface area (Å²) in [5.41, 5.74) is 1.88. The van der Waals surface area contributed by atoms with E-state index >= 15 is 0 Å². The molecule has 0 saturated carbocycles. The van der Waals surface area contributed by atoms with E-state index in [2.05, 4.69) is 26.4 Å². The molecule has 0 atom stereocenters. The molecular formula is C28H26F2N6O4S. The summed E-state index contributed by atoms with van der Waals surface area (Å²) in [6, 6.07) is 9.84. The van der Waals surface area contributed by atoms with Gasteiger partial charge in [-0.15, -0.1) is 0 Å². The van der Waals surface area contributed by atoms with Crippen molar-refractivity contribution in [3.8, 4) is 17.0 Å². The summed E-state index contributed by atoms with van der Waals surface area (Å²) in [4.78, 5) is 27.9. The Morgan fingerprint density at radius 1 is 1.02 bits per heavy atom. The zero-order valence-electron chi connectivity index (χ0n) is 22.3. The molecule has 1 amide bonds. The van der Waals surface area contributed by atoms with Crippen molar-refractivity contribution in [3.63, 3.8) is 0 Å². The zero-order valence-corrected chi connectivity index (χ0v) is 23.1. The maximum Gasteiger partial charge on any atom is 0.270 e. The van der Waals surface area contributed by atoms with Crippen LogP contribution in [0, 0.1) is 11.6 Å². The molecule has 5 rings (SSSR count). The summed E-state index contributed by atoms with van der Waals surface area (Å²) in [5.74, 6) is -1.90. The molecule has 10 nitrogen and oxygen atoms in total. The first-order chi connectivity index (χ1) is 19.6. The molecule has 4 aromatic rings. The summed E-state index contributed by atoms with van der Waals surface area (Å²) in [7, 11) is -2.16. The van der Waals surface area contributed by atoms with Crippen LogP contribution in [0.5, 0.6) is 5.88 Å². The van der Waals surface area contributed by atoms with Gasteiger partial charge in [0.05, 0.1) is 12.6 Å². The third-order valence-corrected chi connectivity index (χ3v) is 8.74. The fraction of sp³-hybridized carbons (Fsp3) is 0.214. The van der Waals surface area contributed by atoms with Crippen LogP contribution in [-0.2, 0) is 14.8 Å². The van der Waals surface area contributed by atoms with E-state index in [1.165, 1.54) is 38.8 Å². The first-order valence-electron chi connectivity index (χ1n) is 12.5. The molecule has 0 N–H and O–H groups in total. The van der Waals surface area contributed by atoms with Crippen LogP contribution in [0.2, 0.25) is 0 Å². The second-order valence-corrected chi connectivity index (χ2v) is 11.1. The number of hydrogen-bond acceptors (Lipinski definition) is 8. The van der Waals surface area contributed by atoms with E-state index in [1.807, 2.05) is 12.1 Å². The summed E-state index contributed by atoms with van der Waals surface area (Å²) in [6.45, 7) is 5.72. The lowest BCUT2D eigenvalue weighted by molar-refractivity contribution is -0.126. The average molecular weight is 581 g/mol. The number of sulfonamides is 1. The number of aromatic nitrogens is 3. The van der Waals surface area contributed by atoms with Gasteiger partial charge in [-0.25, -0.2) is 32.2 Å². The molecule has 0 unspecified atom stereocenters. The lowest BCUT2D eigenvalue weighted by Crippen LogP contribution is -2.48. The number of amides is 1. The molecule has 2 aromatic heterocycles. The Morgan fingerprint density at radius 3 is 2.39 bits per heavy atom. The van der Waals surface area contributed by atoms with Crippen molar-refractivity contribution in [2.24, 2.45) is 0 Å². The molecule has 0 radical (unpaired) electrons. The summed E-state index contributed by atoms with van der Waals surface area (Å²) in [6.07, 6.45) is 4.29. The SMILES string of the molecule is C=CC(=O)N1CCN(c2ncnc3ccc(-c4cnc(OC)c(N(C)S(=O)(=O)c5c(F)cccc5F)c4)cc23)CC1. The quantitative estimate of drug-likeness (QED) is 0.305. The Labute approximate surface area is 235 Å². The normalized spacial score (nSPS) is 13.8. The molecule has 1 aliphatic heterocycles. The van der Waals surface area contributed by atoms with Gasteiger partial charge in [-0.3, -0.25) is 9.10 Å². The second-order valence-electron chi connectivity index (χ2n) is 9.22. The minimum atomic E-state index is -4.65. The molecule has 0 aliphatic carbocycles. The number of benzene rings is 2. The smallest absolute Gasteiger partial charge is 0.270 e. The Balaban J connectivity index is 1.53. The van der Waals surface area contributed by atoms with Gasteiger partial charge in [0.1, 0.15) is 29.5 Å². The maximum absolute atomic E-state index is 14.4. The number of carbonyl (C=O) groups excluding carboxylic acids is 1. The summed E-state index contributed by atoms with van der Waals surface area (Å²) in [5, 5.41) is 0.750. The number of hydrogen-bond donors (Lipinski definition) is 0. The standard InChI is InChI=1S/C28H26F2N6O4S/c1-4-25(37)35-10-12-36(13-11-35)27-20-14-18(8-9-23(20)32-17-33-27)19-15-24(28(40-3)31-16-19)34(2)41(38,39)26-21(29)6-5-7-22(26)30/h4-9,14-17H,1,10-13H2,2-3H3. The number of fused-ring (bicyclic) bond motifs is 1. The van der Waals surface area contributed by atoms with Gasteiger partial charge in [0.15, 0.2) is 4.90 Å². The monoisotopic (exact) mass is 580 g/mol. The highest BCUT2D eigenvalue weighted by atomic mass is 32.2. The number of methoxy groups -OCH3 is 1. The lowest BCUT2D eigenvalue weighted by Gasteiger charge is -2.35. The molecule has 13 heteroatoms. The highest BCUT2D eigenvalue weighted by molar-refractivity contribution is 7.92. The first kappa shape index (κ1) is 27.9.